The lowest BCUT2D eigenvalue weighted by atomic mass is 10.2. The normalized spacial score (nSPS) is 19.7. The first-order valence-electron chi connectivity index (χ1n) is 6.03. The van der Waals surface area contributed by atoms with Gasteiger partial charge in [0.1, 0.15) is 10.9 Å². The summed E-state index contributed by atoms with van der Waals surface area (Å²) in [4.78, 5) is 11.5. The van der Waals surface area contributed by atoms with Crippen LogP contribution in [-0.2, 0) is 19.6 Å². The van der Waals surface area contributed by atoms with Crippen LogP contribution < -0.4 is 0 Å². The number of hydrogen-bond acceptors (Lipinski definition) is 4. The lowest BCUT2D eigenvalue weighted by Crippen LogP contribution is -2.41. The first-order chi connectivity index (χ1) is 9.78. The molecule has 0 amide bonds. The molecule has 0 aliphatic carbocycles. The average Bonchev–Trinajstić information content (AvgIpc) is 2.86. The van der Waals surface area contributed by atoms with E-state index in [2.05, 4.69) is 20.7 Å². The molecule has 2 rings (SSSR count). The van der Waals surface area contributed by atoms with E-state index < -0.39 is 22.0 Å². The first kappa shape index (κ1) is 17.0. The van der Waals surface area contributed by atoms with Crippen LogP contribution in [0.4, 0.5) is 0 Å². The third-order valence-electron chi connectivity index (χ3n) is 3.21. The van der Waals surface area contributed by atoms with Crippen molar-refractivity contribution in [2.75, 3.05) is 13.7 Å². The molecule has 1 saturated heterocycles. The van der Waals surface area contributed by atoms with Crippen molar-refractivity contribution in [3.8, 4) is 0 Å². The summed E-state index contributed by atoms with van der Waals surface area (Å²) in [5.41, 5.74) is 0. The van der Waals surface area contributed by atoms with E-state index in [9.17, 15) is 13.2 Å². The van der Waals surface area contributed by atoms with E-state index >= 15 is 0 Å². The standard InChI is InChI=1S/C12H12BrCl2NO4S/c1-20-12(17)10-3-2-4-16(10)21(18,19)11-8(14)5-7(13)6-9(11)15/h5-6,10H,2-4H2,1H3. The number of rotatable bonds is 3. The average molecular weight is 417 g/mol. The minimum Gasteiger partial charge on any atom is -0.468 e. The molecule has 0 radical (unpaired) electrons. The summed E-state index contributed by atoms with van der Waals surface area (Å²) in [6.45, 7) is 0.227. The highest BCUT2D eigenvalue weighted by molar-refractivity contribution is 9.10. The zero-order valence-corrected chi connectivity index (χ0v) is 14.9. The van der Waals surface area contributed by atoms with Crippen LogP contribution in [0.15, 0.2) is 21.5 Å². The number of benzene rings is 1. The van der Waals surface area contributed by atoms with Crippen molar-refractivity contribution in [1.82, 2.24) is 4.31 Å². The molecule has 1 unspecified atom stereocenters. The van der Waals surface area contributed by atoms with E-state index in [-0.39, 0.29) is 21.5 Å². The fourth-order valence-electron chi connectivity index (χ4n) is 2.29. The highest BCUT2D eigenvalue weighted by atomic mass is 79.9. The molecule has 0 spiro atoms. The molecule has 0 saturated carbocycles. The Morgan fingerprint density at radius 1 is 1.38 bits per heavy atom. The fraction of sp³-hybridized carbons (Fsp3) is 0.417. The van der Waals surface area contributed by atoms with Crippen LogP contribution in [-0.4, -0.2) is 38.4 Å². The molecule has 1 heterocycles. The number of esters is 1. The summed E-state index contributed by atoms with van der Waals surface area (Å²) in [6.07, 6.45) is 0.989. The zero-order chi connectivity index (χ0) is 15.8. The number of methoxy groups -OCH3 is 1. The van der Waals surface area contributed by atoms with Gasteiger partial charge in [-0.05, 0) is 25.0 Å². The Balaban J connectivity index is 2.50. The Labute approximate surface area is 141 Å². The highest BCUT2D eigenvalue weighted by Gasteiger charge is 2.41. The number of carbonyl (C=O) groups is 1. The zero-order valence-electron chi connectivity index (χ0n) is 11.0. The van der Waals surface area contributed by atoms with Gasteiger partial charge in [0.2, 0.25) is 10.0 Å². The van der Waals surface area contributed by atoms with E-state index in [0.717, 1.165) is 4.31 Å². The number of sulfonamides is 1. The summed E-state index contributed by atoms with van der Waals surface area (Å²) < 4.78 is 31.8. The smallest absolute Gasteiger partial charge is 0.324 e. The second-order valence-corrected chi connectivity index (χ2v) is 8.05. The van der Waals surface area contributed by atoms with Crippen LogP contribution in [0.2, 0.25) is 10.0 Å². The second kappa shape index (κ2) is 6.42. The van der Waals surface area contributed by atoms with Gasteiger partial charge in [0.25, 0.3) is 0 Å². The maximum atomic E-state index is 12.8. The van der Waals surface area contributed by atoms with Gasteiger partial charge in [-0.25, -0.2) is 8.42 Å². The van der Waals surface area contributed by atoms with Gasteiger partial charge in [-0.15, -0.1) is 0 Å². The van der Waals surface area contributed by atoms with Crippen LogP contribution in [0.1, 0.15) is 12.8 Å². The Morgan fingerprint density at radius 2 is 1.95 bits per heavy atom. The molecule has 1 fully saturated rings. The molecule has 21 heavy (non-hydrogen) atoms. The summed E-state index contributed by atoms with van der Waals surface area (Å²) in [6, 6.07) is 2.06. The number of ether oxygens (including phenoxy) is 1. The number of hydrogen-bond donors (Lipinski definition) is 0. The summed E-state index contributed by atoms with van der Waals surface area (Å²) >= 11 is 15.2. The maximum absolute atomic E-state index is 12.8. The molecule has 1 atom stereocenters. The Kier molecular flexibility index (Phi) is 5.20. The highest BCUT2D eigenvalue weighted by Crippen LogP contribution is 2.37. The quantitative estimate of drug-likeness (QED) is 0.710. The van der Waals surface area contributed by atoms with Gasteiger partial charge < -0.3 is 4.74 Å². The van der Waals surface area contributed by atoms with Gasteiger partial charge in [0.15, 0.2) is 0 Å². The van der Waals surface area contributed by atoms with Crippen molar-refractivity contribution in [2.45, 2.75) is 23.8 Å². The van der Waals surface area contributed by atoms with E-state index in [1.807, 2.05) is 0 Å². The largest absolute Gasteiger partial charge is 0.468 e. The Morgan fingerprint density at radius 3 is 2.48 bits per heavy atom. The van der Waals surface area contributed by atoms with Crippen LogP contribution in [0.5, 0.6) is 0 Å². The van der Waals surface area contributed by atoms with Gasteiger partial charge in [0, 0.05) is 11.0 Å². The third-order valence-corrected chi connectivity index (χ3v) is 6.50. The van der Waals surface area contributed by atoms with Crippen molar-refractivity contribution in [3.05, 3.63) is 26.7 Å². The molecule has 1 aromatic carbocycles. The van der Waals surface area contributed by atoms with Crippen molar-refractivity contribution >= 4 is 55.1 Å². The van der Waals surface area contributed by atoms with Crippen LogP contribution in [0, 0.1) is 0 Å². The number of carbonyl (C=O) groups excluding carboxylic acids is 1. The monoisotopic (exact) mass is 415 g/mol. The number of nitrogens with zero attached hydrogens (tertiary/aromatic N) is 1. The first-order valence-corrected chi connectivity index (χ1v) is 9.02. The molecule has 1 aliphatic heterocycles. The summed E-state index contributed by atoms with van der Waals surface area (Å²) in [5, 5.41) is 0.00906. The fourth-order valence-corrected chi connectivity index (χ4v) is 5.83. The molecule has 0 aromatic heterocycles. The molecule has 1 aromatic rings. The van der Waals surface area contributed by atoms with Crippen molar-refractivity contribution < 1.29 is 17.9 Å². The van der Waals surface area contributed by atoms with Crippen LogP contribution in [0.25, 0.3) is 0 Å². The lowest BCUT2D eigenvalue weighted by molar-refractivity contribution is -0.144. The molecule has 5 nitrogen and oxygen atoms in total. The van der Waals surface area contributed by atoms with Gasteiger partial charge in [-0.1, -0.05) is 39.1 Å². The van der Waals surface area contributed by atoms with Crippen molar-refractivity contribution in [3.63, 3.8) is 0 Å². The maximum Gasteiger partial charge on any atom is 0.324 e. The molecular weight excluding hydrogens is 405 g/mol. The molecule has 9 heteroatoms. The third kappa shape index (κ3) is 3.22. The molecule has 0 bridgehead atoms. The summed E-state index contributed by atoms with van der Waals surface area (Å²) in [5.74, 6) is -0.583. The molecule has 116 valence electrons. The minimum absolute atomic E-state index is 0.00453. The molecule has 0 N–H and O–H groups in total. The topological polar surface area (TPSA) is 63.7 Å². The van der Waals surface area contributed by atoms with E-state index in [1.54, 1.807) is 0 Å². The minimum atomic E-state index is -3.97. The number of halogens is 3. The lowest BCUT2D eigenvalue weighted by Gasteiger charge is -2.23. The van der Waals surface area contributed by atoms with Gasteiger partial charge in [-0.3, -0.25) is 4.79 Å². The molecular formula is C12H12BrCl2NO4S. The predicted octanol–water partition coefficient (Wildman–Crippen LogP) is 3.08. The Bertz CT molecular complexity index is 657. The van der Waals surface area contributed by atoms with Gasteiger partial charge in [0.05, 0.1) is 17.2 Å². The van der Waals surface area contributed by atoms with Crippen LogP contribution in [0.3, 0.4) is 0 Å². The van der Waals surface area contributed by atoms with Gasteiger partial charge in [-0.2, -0.15) is 4.31 Å². The predicted molar refractivity (Wildman–Crippen MR) is 83.1 cm³/mol. The van der Waals surface area contributed by atoms with Gasteiger partial charge >= 0.3 is 5.97 Å². The summed E-state index contributed by atoms with van der Waals surface area (Å²) in [7, 11) is -2.75. The van der Waals surface area contributed by atoms with E-state index in [4.69, 9.17) is 23.2 Å². The van der Waals surface area contributed by atoms with Crippen molar-refractivity contribution in [2.24, 2.45) is 0 Å². The molecule has 1 aliphatic rings. The van der Waals surface area contributed by atoms with E-state index in [1.165, 1.54) is 19.2 Å². The van der Waals surface area contributed by atoms with E-state index in [0.29, 0.717) is 17.3 Å². The Hall–Kier alpha value is -0.340. The SMILES string of the molecule is COC(=O)C1CCCN1S(=O)(=O)c1c(Cl)cc(Br)cc1Cl. The van der Waals surface area contributed by atoms with Crippen molar-refractivity contribution in [1.29, 1.82) is 0 Å². The second-order valence-electron chi connectivity index (χ2n) is 4.50. The van der Waals surface area contributed by atoms with Crippen LogP contribution >= 0.6 is 39.1 Å².